The van der Waals surface area contributed by atoms with Gasteiger partial charge in [0.2, 0.25) is 5.89 Å². The van der Waals surface area contributed by atoms with Crippen LogP contribution in [0.4, 0.5) is 0 Å². The fourth-order valence-corrected chi connectivity index (χ4v) is 3.13. The van der Waals surface area contributed by atoms with Crippen LogP contribution in [-0.4, -0.2) is 44.3 Å². The Morgan fingerprint density at radius 2 is 1.50 bits per heavy atom. The number of nitrogens with zero attached hydrogens (tertiary/aromatic N) is 5. The van der Waals surface area contributed by atoms with Crippen LogP contribution in [0.25, 0.3) is 34.3 Å². The van der Waals surface area contributed by atoms with Gasteiger partial charge in [-0.25, -0.2) is 4.98 Å². The van der Waals surface area contributed by atoms with E-state index in [9.17, 15) is 5.11 Å². The van der Waals surface area contributed by atoms with Crippen molar-refractivity contribution < 1.29 is 9.52 Å². The topological polar surface area (TPSA) is 88.2 Å². The number of aromatic nitrogens is 4. The number of aliphatic hydroxyl groups is 1. The Morgan fingerprint density at radius 1 is 0.867 bits per heavy atom. The van der Waals surface area contributed by atoms with Crippen LogP contribution in [0.1, 0.15) is 16.8 Å². The molecule has 0 aliphatic heterocycles. The fraction of sp³-hybridized carbons (Fsp3) is 0.217. The van der Waals surface area contributed by atoms with Crippen molar-refractivity contribution in [3.8, 4) is 34.3 Å². The Hall–Kier alpha value is -3.42. The lowest BCUT2D eigenvalue weighted by Gasteiger charge is -2.10. The zero-order chi connectivity index (χ0) is 21.1. The highest BCUT2D eigenvalue weighted by Gasteiger charge is 2.16. The van der Waals surface area contributed by atoms with E-state index >= 15 is 0 Å². The van der Waals surface area contributed by atoms with Crippen molar-refractivity contribution in [2.45, 2.75) is 20.1 Å². The van der Waals surface area contributed by atoms with E-state index in [1.807, 2.05) is 57.4 Å². The molecule has 0 bridgehead atoms. The highest BCUT2D eigenvalue weighted by atomic mass is 16.4. The molecule has 0 atom stereocenters. The van der Waals surface area contributed by atoms with E-state index in [0.717, 1.165) is 28.9 Å². The molecule has 7 heteroatoms. The molecule has 2 heterocycles. The smallest absolute Gasteiger partial charge is 0.268 e. The molecule has 1 N–H and O–H groups in total. The van der Waals surface area contributed by atoms with Crippen molar-refractivity contribution in [3.63, 3.8) is 0 Å². The molecular weight excluding hydrogens is 378 g/mol. The summed E-state index contributed by atoms with van der Waals surface area (Å²) in [4.78, 5) is 11.3. The molecule has 0 saturated heterocycles. The first-order valence-electron chi connectivity index (χ1n) is 9.65. The van der Waals surface area contributed by atoms with Crippen LogP contribution in [0.5, 0.6) is 0 Å². The summed E-state index contributed by atoms with van der Waals surface area (Å²) in [6.45, 7) is 2.74. The Morgan fingerprint density at radius 3 is 2.17 bits per heavy atom. The van der Waals surface area contributed by atoms with Gasteiger partial charge in [-0.2, -0.15) is 0 Å². The van der Waals surface area contributed by atoms with Gasteiger partial charge in [-0.3, -0.25) is 4.98 Å². The zero-order valence-corrected chi connectivity index (χ0v) is 17.2. The monoisotopic (exact) mass is 401 g/mol. The summed E-state index contributed by atoms with van der Waals surface area (Å²) < 4.78 is 5.87. The van der Waals surface area contributed by atoms with Crippen molar-refractivity contribution in [3.05, 3.63) is 71.5 Å². The molecule has 0 spiro atoms. The summed E-state index contributed by atoms with van der Waals surface area (Å²) in [5.74, 6) is 0.724. The van der Waals surface area contributed by atoms with E-state index in [0.29, 0.717) is 23.2 Å². The summed E-state index contributed by atoms with van der Waals surface area (Å²) in [7, 11) is 4.09. The van der Waals surface area contributed by atoms with Crippen LogP contribution in [0, 0.1) is 6.92 Å². The third kappa shape index (κ3) is 4.27. The van der Waals surface area contributed by atoms with E-state index in [1.165, 1.54) is 5.56 Å². The third-order valence-electron chi connectivity index (χ3n) is 4.71. The Kier molecular flexibility index (Phi) is 5.65. The van der Waals surface area contributed by atoms with Gasteiger partial charge in [-0.05, 0) is 44.3 Å². The first-order chi connectivity index (χ1) is 14.5. The van der Waals surface area contributed by atoms with Gasteiger partial charge in [-0.15, -0.1) is 10.2 Å². The third-order valence-corrected chi connectivity index (χ3v) is 4.71. The molecule has 4 aromatic rings. The summed E-state index contributed by atoms with van der Waals surface area (Å²) >= 11 is 0. The molecule has 2 aromatic carbocycles. The van der Waals surface area contributed by atoms with Gasteiger partial charge in [0.1, 0.15) is 5.69 Å². The molecule has 4 rings (SSSR count). The lowest BCUT2D eigenvalue weighted by Crippen LogP contribution is -2.10. The van der Waals surface area contributed by atoms with Crippen LogP contribution in [0.15, 0.2) is 59.1 Å². The van der Waals surface area contributed by atoms with Gasteiger partial charge >= 0.3 is 0 Å². The van der Waals surface area contributed by atoms with Gasteiger partial charge in [0.05, 0.1) is 24.2 Å². The predicted octanol–water partition coefficient (Wildman–Crippen LogP) is 3.72. The van der Waals surface area contributed by atoms with Crippen molar-refractivity contribution in [1.82, 2.24) is 25.1 Å². The number of aryl methyl sites for hydroxylation is 1. The lowest BCUT2D eigenvalue weighted by molar-refractivity contribution is 0.282. The second-order valence-corrected chi connectivity index (χ2v) is 7.39. The highest BCUT2D eigenvalue weighted by Crippen LogP contribution is 2.27. The SMILES string of the molecule is Cc1ncc(-c2ccc(CN(C)C)cc2)nc1-c1nnc(-c2ccc(CO)cc2)o1. The molecule has 7 nitrogen and oxygen atoms in total. The largest absolute Gasteiger partial charge is 0.415 e. The molecule has 0 saturated carbocycles. The quantitative estimate of drug-likeness (QED) is 0.527. The number of rotatable bonds is 6. The molecule has 0 aliphatic carbocycles. The number of benzene rings is 2. The van der Waals surface area contributed by atoms with E-state index in [1.54, 1.807) is 6.20 Å². The molecule has 2 aromatic heterocycles. The van der Waals surface area contributed by atoms with Gasteiger partial charge in [0, 0.05) is 17.7 Å². The molecule has 0 amide bonds. The first kappa shape index (κ1) is 19.9. The van der Waals surface area contributed by atoms with Crippen molar-refractivity contribution in [2.24, 2.45) is 0 Å². The van der Waals surface area contributed by atoms with Crippen molar-refractivity contribution in [2.75, 3.05) is 14.1 Å². The molecule has 30 heavy (non-hydrogen) atoms. The minimum Gasteiger partial charge on any atom is -0.415 e. The fourth-order valence-electron chi connectivity index (χ4n) is 3.13. The zero-order valence-electron chi connectivity index (χ0n) is 17.2. The summed E-state index contributed by atoms with van der Waals surface area (Å²) in [6, 6.07) is 15.6. The average Bonchev–Trinajstić information content (AvgIpc) is 3.24. The van der Waals surface area contributed by atoms with Crippen molar-refractivity contribution in [1.29, 1.82) is 0 Å². The molecule has 152 valence electrons. The van der Waals surface area contributed by atoms with Crippen LogP contribution in [-0.2, 0) is 13.2 Å². The molecular formula is C23H23N5O2. The molecule has 0 aliphatic rings. The molecule has 0 unspecified atom stereocenters. The average molecular weight is 401 g/mol. The Balaban J connectivity index is 1.63. The van der Waals surface area contributed by atoms with Crippen LogP contribution in [0.2, 0.25) is 0 Å². The van der Waals surface area contributed by atoms with Gasteiger partial charge in [0.15, 0.2) is 0 Å². The highest BCUT2D eigenvalue weighted by molar-refractivity contribution is 5.63. The molecule has 0 fully saturated rings. The number of aliphatic hydroxyl groups excluding tert-OH is 1. The maximum Gasteiger partial charge on any atom is 0.268 e. The van der Waals surface area contributed by atoms with Crippen LogP contribution < -0.4 is 0 Å². The summed E-state index contributed by atoms with van der Waals surface area (Å²) in [5, 5.41) is 17.5. The van der Waals surface area contributed by atoms with E-state index in [2.05, 4.69) is 32.2 Å². The van der Waals surface area contributed by atoms with Gasteiger partial charge in [-0.1, -0.05) is 36.4 Å². The van der Waals surface area contributed by atoms with E-state index in [4.69, 9.17) is 9.40 Å². The van der Waals surface area contributed by atoms with E-state index < -0.39 is 0 Å². The number of hydrogen-bond donors (Lipinski definition) is 1. The Bertz CT molecular complexity index is 1140. The minimum atomic E-state index is -0.00688. The first-order valence-corrected chi connectivity index (χ1v) is 9.65. The number of hydrogen-bond acceptors (Lipinski definition) is 7. The lowest BCUT2D eigenvalue weighted by atomic mass is 10.1. The predicted molar refractivity (Wildman–Crippen MR) is 114 cm³/mol. The van der Waals surface area contributed by atoms with Crippen LogP contribution in [0.3, 0.4) is 0 Å². The van der Waals surface area contributed by atoms with E-state index in [-0.39, 0.29) is 6.61 Å². The summed E-state index contributed by atoms with van der Waals surface area (Å²) in [5.41, 5.74) is 5.85. The van der Waals surface area contributed by atoms with Gasteiger partial charge < -0.3 is 14.4 Å². The maximum absolute atomic E-state index is 9.19. The second-order valence-electron chi connectivity index (χ2n) is 7.39. The standard InChI is InChI=1S/C23H23N5O2/c1-15-21(23-27-26-22(30-23)19-10-6-17(14-29)7-11-19)25-20(12-24-15)18-8-4-16(5-9-18)13-28(2)3/h4-12,29H,13-14H2,1-3H3. The minimum absolute atomic E-state index is 0.00688. The van der Waals surface area contributed by atoms with Crippen LogP contribution >= 0.6 is 0 Å². The van der Waals surface area contributed by atoms with Crippen molar-refractivity contribution >= 4 is 0 Å². The maximum atomic E-state index is 9.19. The Labute approximate surface area is 175 Å². The molecule has 0 radical (unpaired) electrons. The summed E-state index contributed by atoms with van der Waals surface area (Å²) in [6.07, 6.45) is 1.75. The normalized spacial score (nSPS) is 11.2. The van der Waals surface area contributed by atoms with Gasteiger partial charge in [0.25, 0.3) is 5.89 Å². The second kappa shape index (κ2) is 8.52.